The first-order valence-electron chi connectivity index (χ1n) is 5.91. The van der Waals surface area contributed by atoms with Crippen molar-refractivity contribution in [1.82, 2.24) is 5.32 Å². The van der Waals surface area contributed by atoms with E-state index in [9.17, 15) is 0 Å². The second kappa shape index (κ2) is 9.09. The highest BCUT2D eigenvalue weighted by molar-refractivity contribution is 4.63. The molecule has 0 radical (unpaired) electrons. The Morgan fingerprint density at radius 2 is 2.07 bits per heavy atom. The van der Waals surface area contributed by atoms with Crippen LogP contribution in [0.15, 0.2) is 0 Å². The zero-order valence-corrected chi connectivity index (χ0v) is 9.67. The van der Waals surface area contributed by atoms with E-state index in [-0.39, 0.29) is 0 Å². The highest BCUT2D eigenvalue weighted by Crippen LogP contribution is 2.11. The molecule has 1 rings (SSSR count). The van der Waals surface area contributed by atoms with Crippen LogP contribution in [0.5, 0.6) is 0 Å². The molecule has 0 aromatic rings. The minimum atomic E-state index is 0.341. The van der Waals surface area contributed by atoms with Crippen LogP contribution >= 0.6 is 0 Å². The van der Waals surface area contributed by atoms with Crippen molar-refractivity contribution in [2.45, 2.75) is 25.9 Å². The van der Waals surface area contributed by atoms with Gasteiger partial charge in [0.05, 0.1) is 25.9 Å². The normalized spacial score (nSPS) is 21.0. The van der Waals surface area contributed by atoms with Crippen LogP contribution in [-0.4, -0.2) is 52.2 Å². The summed E-state index contributed by atoms with van der Waals surface area (Å²) in [6.45, 7) is 7.76. The van der Waals surface area contributed by atoms with Gasteiger partial charge in [0, 0.05) is 26.3 Å². The van der Waals surface area contributed by atoms with Crippen LogP contribution in [0.25, 0.3) is 0 Å². The summed E-state index contributed by atoms with van der Waals surface area (Å²) in [7, 11) is 0. The van der Waals surface area contributed by atoms with E-state index in [1.807, 2.05) is 6.92 Å². The number of hydrogen-bond acceptors (Lipinski definition) is 4. The standard InChI is InChI=1S/C11H23NO3/c1-2-13-8-5-12-6-9-14-10-11-4-3-7-15-11/h11-12H,2-10H2,1H3. The Morgan fingerprint density at radius 3 is 2.73 bits per heavy atom. The summed E-state index contributed by atoms with van der Waals surface area (Å²) in [4.78, 5) is 0. The van der Waals surface area contributed by atoms with Gasteiger partial charge < -0.3 is 19.5 Å². The van der Waals surface area contributed by atoms with Crippen LogP contribution in [0.3, 0.4) is 0 Å². The van der Waals surface area contributed by atoms with Crippen LogP contribution in [-0.2, 0) is 14.2 Å². The number of ether oxygens (including phenoxy) is 3. The molecule has 1 heterocycles. The monoisotopic (exact) mass is 217 g/mol. The van der Waals surface area contributed by atoms with Gasteiger partial charge in [-0.15, -0.1) is 0 Å². The van der Waals surface area contributed by atoms with Crippen molar-refractivity contribution in [3.8, 4) is 0 Å². The van der Waals surface area contributed by atoms with Gasteiger partial charge in [-0.2, -0.15) is 0 Å². The van der Waals surface area contributed by atoms with E-state index >= 15 is 0 Å². The molecule has 0 aromatic carbocycles. The van der Waals surface area contributed by atoms with Crippen molar-refractivity contribution in [2.24, 2.45) is 0 Å². The van der Waals surface area contributed by atoms with Crippen molar-refractivity contribution in [3.05, 3.63) is 0 Å². The fourth-order valence-corrected chi connectivity index (χ4v) is 1.55. The first-order chi connectivity index (χ1) is 7.43. The first-order valence-corrected chi connectivity index (χ1v) is 5.91. The molecule has 0 bridgehead atoms. The minimum absolute atomic E-state index is 0.341. The highest BCUT2D eigenvalue weighted by atomic mass is 16.5. The largest absolute Gasteiger partial charge is 0.380 e. The third-order valence-electron chi connectivity index (χ3n) is 2.38. The molecule has 0 spiro atoms. The number of nitrogens with one attached hydrogen (secondary N) is 1. The summed E-state index contributed by atoms with van der Waals surface area (Å²) in [6.07, 6.45) is 2.67. The lowest BCUT2D eigenvalue weighted by molar-refractivity contribution is 0.0180. The molecule has 1 saturated heterocycles. The van der Waals surface area contributed by atoms with Crippen molar-refractivity contribution in [2.75, 3.05) is 46.1 Å². The lowest BCUT2D eigenvalue weighted by Gasteiger charge is -2.10. The van der Waals surface area contributed by atoms with Gasteiger partial charge in [0.25, 0.3) is 0 Å². The Balaban J connectivity index is 1.73. The molecule has 1 aliphatic rings. The highest BCUT2D eigenvalue weighted by Gasteiger charge is 2.14. The molecule has 1 fully saturated rings. The molecule has 0 amide bonds. The molecular formula is C11H23NO3. The Kier molecular flexibility index (Phi) is 7.83. The predicted octanol–water partition coefficient (Wildman–Crippen LogP) is 0.808. The van der Waals surface area contributed by atoms with E-state index in [4.69, 9.17) is 14.2 Å². The number of hydrogen-bond donors (Lipinski definition) is 1. The Labute approximate surface area is 92.3 Å². The molecule has 4 heteroatoms. The van der Waals surface area contributed by atoms with Gasteiger partial charge in [-0.25, -0.2) is 0 Å². The molecule has 1 N–H and O–H groups in total. The Hall–Kier alpha value is -0.160. The van der Waals surface area contributed by atoms with E-state index in [1.165, 1.54) is 6.42 Å². The summed E-state index contributed by atoms with van der Waals surface area (Å²) in [5.74, 6) is 0. The van der Waals surface area contributed by atoms with Crippen LogP contribution < -0.4 is 5.32 Å². The zero-order chi connectivity index (χ0) is 10.8. The van der Waals surface area contributed by atoms with Crippen LogP contribution in [0.2, 0.25) is 0 Å². The van der Waals surface area contributed by atoms with Crippen LogP contribution in [0, 0.1) is 0 Å². The van der Waals surface area contributed by atoms with E-state index in [0.717, 1.165) is 52.5 Å². The van der Waals surface area contributed by atoms with Crippen molar-refractivity contribution in [3.63, 3.8) is 0 Å². The quantitative estimate of drug-likeness (QED) is 0.580. The molecule has 1 aliphatic heterocycles. The maximum absolute atomic E-state index is 5.50. The average Bonchev–Trinajstić information content (AvgIpc) is 2.75. The molecule has 15 heavy (non-hydrogen) atoms. The van der Waals surface area contributed by atoms with Gasteiger partial charge in [-0.3, -0.25) is 0 Å². The smallest absolute Gasteiger partial charge is 0.0809 e. The third-order valence-corrected chi connectivity index (χ3v) is 2.38. The zero-order valence-electron chi connectivity index (χ0n) is 9.67. The lowest BCUT2D eigenvalue weighted by Crippen LogP contribution is -2.25. The van der Waals surface area contributed by atoms with E-state index < -0.39 is 0 Å². The molecule has 1 atom stereocenters. The van der Waals surface area contributed by atoms with Gasteiger partial charge in [-0.05, 0) is 19.8 Å². The summed E-state index contributed by atoms with van der Waals surface area (Å²) in [5, 5.41) is 3.25. The molecule has 0 saturated carbocycles. The molecule has 90 valence electrons. The molecule has 0 aliphatic carbocycles. The van der Waals surface area contributed by atoms with Crippen molar-refractivity contribution in [1.29, 1.82) is 0 Å². The van der Waals surface area contributed by atoms with E-state index in [2.05, 4.69) is 5.32 Å². The molecule has 0 aromatic heterocycles. The topological polar surface area (TPSA) is 39.7 Å². The summed E-state index contributed by atoms with van der Waals surface area (Å²) < 4.78 is 16.1. The van der Waals surface area contributed by atoms with E-state index in [0.29, 0.717) is 6.10 Å². The van der Waals surface area contributed by atoms with Gasteiger partial charge in [0.1, 0.15) is 0 Å². The van der Waals surface area contributed by atoms with Crippen molar-refractivity contribution >= 4 is 0 Å². The molecule has 1 unspecified atom stereocenters. The average molecular weight is 217 g/mol. The van der Waals surface area contributed by atoms with E-state index in [1.54, 1.807) is 0 Å². The number of rotatable bonds is 9. The maximum Gasteiger partial charge on any atom is 0.0809 e. The van der Waals surface area contributed by atoms with Gasteiger partial charge in [0.15, 0.2) is 0 Å². The lowest BCUT2D eigenvalue weighted by atomic mass is 10.2. The summed E-state index contributed by atoms with van der Waals surface area (Å²) in [6, 6.07) is 0. The first kappa shape index (κ1) is 12.9. The second-order valence-corrected chi connectivity index (χ2v) is 3.66. The second-order valence-electron chi connectivity index (χ2n) is 3.66. The van der Waals surface area contributed by atoms with Gasteiger partial charge in [-0.1, -0.05) is 0 Å². The third kappa shape index (κ3) is 6.84. The maximum atomic E-state index is 5.50. The fraction of sp³-hybridized carbons (Fsp3) is 1.00. The Bertz CT molecular complexity index is 138. The Morgan fingerprint density at radius 1 is 1.27 bits per heavy atom. The predicted molar refractivity (Wildman–Crippen MR) is 59.2 cm³/mol. The van der Waals surface area contributed by atoms with Crippen molar-refractivity contribution < 1.29 is 14.2 Å². The van der Waals surface area contributed by atoms with Crippen LogP contribution in [0.1, 0.15) is 19.8 Å². The minimum Gasteiger partial charge on any atom is -0.380 e. The molecular weight excluding hydrogens is 194 g/mol. The van der Waals surface area contributed by atoms with Crippen LogP contribution in [0.4, 0.5) is 0 Å². The summed E-state index contributed by atoms with van der Waals surface area (Å²) in [5.41, 5.74) is 0. The van der Waals surface area contributed by atoms with Gasteiger partial charge >= 0.3 is 0 Å². The SMILES string of the molecule is CCOCCNCCOCC1CCCO1. The van der Waals surface area contributed by atoms with Gasteiger partial charge in [0.2, 0.25) is 0 Å². The summed E-state index contributed by atoms with van der Waals surface area (Å²) >= 11 is 0. The fourth-order valence-electron chi connectivity index (χ4n) is 1.55. The molecule has 4 nitrogen and oxygen atoms in total.